The maximum Gasteiger partial charge on any atom is -0.00489 e. The number of unbranched alkanes of at least 4 members (excludes halogenated alkanes) is 39. The van der Waals surface area contributed by atoms with E-state index in [4.69, 9.17) is 5.73 Å². The highest BCUT2D eigenvalue weighted by molar-refractivity contribution is 4.62. The summed E-state index contributed by atoms with van der Waals surface area (Å²) in [6.07, 6.45) is 62.9. The minimum atomic E-state index is 0.792. The predicted octanol–water partition coefficient (Wildman–Crippen LogP) is 17.4. The van der Waals surface area contributed by atoms with Crippen molar-refractivity contribution in [1.82, 2.24) is 0 Å². The Morgan fingerprint density at radius 2 is 0.375 bits per heavy atom. The highest BCUT2D eigenvalue weighted by Crippen LogP contribution is 2.20. The zero-order valence-corrected chi connectivity index (χ0v) is 34.3. The molecule has 0 aliphatic carbocycles. The molecule has 0 rings (SSSR count). The van der Waals surface area contributed by atoms with E-state index in [0.29, 0.717) is 0 Å². The average Bonchev–Trinajstić information content (AvgIpc) is 3.10. The lowest BCUT2D eigenvalue weighted by Crippen LogP contribution is -2.14. The number of hydrogen-bond acceptors (Lipinski definition) is 1. The third-order valence-corrected chi connectivity index (χ3v) is 11.5. The lowest BCUT2D eigenvalue weighted by Gasteiger charge is -2.14. The molecule has 48 heavy (non-hydrogen) atoms. The van der Waals surface area contributed by atoms with E-state index in [-0.39, 0.29) is 0 Å². The standard InChI is InChI=1S/C47H97N/c1-3-5-7-9-11-13-15-17-19-21-23-25-27-29-31-33-35-37-39-41-43-45-47(46-48)44-42-40-38-36-34-32-30-28-26-24-22-20-18-16-14-12-10-8-6-4-2/h47H,3-46,48H2,1-2H3. The Morgan fingerprint density at radius 3 is 0.521 bits per heavy atom. The molecule has 2 N–H and O–H groups in total. The second-order valence-electron chi connectivity index (χ2n) is 16.5. The second-order valence-corrected chi connectivity index (χ2v) is 16.5. The first kappa shape index (κ1) is 48.0. The molecule has 0 bridgehead atoms. The molecule has 0 saturated carbocycles. The summed E-state index contributed by atoms with van der Waals surface area (Å²) >= 11 is 0. The van der Waals surface area contributed by atoms with Crippen LogP contribution in [-0.4, -0.2) is 6.54 Å². The summed E-state index contributed by atoms with van der Waals surface area (Å²) < 4.78 is 0. The Kier molecular flexibility index (Phi) is 44.9. The van der Waals surface area contributed by atoms with Crippen molar-refractivity contribution in [2.75, 3.05) is 6.54 Å². The summed E-state index contributed by atoms with van der Waals surface area (Å²) in [4.78, 5) is 0. The van der Waals surface area contributed by atoms with Crippen LogP contribution in [-0.2, 0) is 0 Å². The van der Waals surface area contributed by atoms with Crippen molar-refractivity contribution in [2.24, 2.45) is 11.7 Å². The lowest BCUT2D eigenvalue weighted by atomic mass is 9.94. The van der Waals surface area contributed by atoms with Crippen molar-refractivity contribution in [2.45, 2.75) is 290 Å². The molecule has 0 aromatic rings. The monoisotopic (exact) mass is 676 g/mol. The molecule has 0 fully saturated rings. The highest BCUT2D eigenvalue weighted by Gasteiger charge is 2.06. The van der Waals surface area contributed by atoms with Gasteiger partial charge < -0.3 is 5.73 Å². The maximum absolute atomic E-state index is 6.15. The number of nitrogens with two attached hydrogens (primary N) is 1. The maximum atomic E-state index is 6.15. The minimum absolute atomic E-state index is 0.792. The van der Waals surface area contributed by atoms with Gasteiger partial charge in [0.25, 0.3) is 0 Å². The molecular formula is C47H97N. The number of rotatable bonds is 44. The van der Waals surface area contributed by atoms with E-state index in [0.717, 1.165) is 12.5 Å². The fourth-order valence-corrected chi connectivity index (χ4v) is 7.93. The molecule has 1 unspecified atom stereocenters. The van der Waals surface area contributed by atoms with Gasteiger partial charge in [-0.25, -0.2) is 0 Å². The van der Waals surface area contributed by atoms with E-state index in [1.54, 1.807) is 0 Å². The molecule has 1 nitrogen and oxygen atoms in total. The molecule has 0 aromatic carbocycles. The van der Waals surface area contributed by atoms with Crippen LogP contribution in [0.15, 0.2) is 0 Å². The van der Waals surface area contributed by atoms with Gasteiger partial charge in [-0.05, 0) is 25.3 Å². The van der Waals surface area contributed by atoms with Gasteiger partial charge in [0.05, 0.1) is 0 Å². The summed E-state index contributed by atoms with van der Waals surface area (Å²) in [5, 5.41) is 0. The highest BCUT2D eigenvalue weighted by atomic mass is 14.5. The third kappa shape index (κ3) is 42.1. The van der Waals surface area contributed by atoms with E-state index in [9.17, 15) is 0 Å². The van der Waals surface area contributed by atoms with Crippen molar-refractivity contribution in [3.8, 4) is 0 Å². The van der Waals surface area contributed by atoms with Crippen molar-refractivity contribution in [3.05, 3.63) is 0 Å². The van der Waals surface area contributed by atoms with Gasteiger partial charge in [-0.3, -0.25) is 0 Å². The fraction of sp³-hybridized carbons (Fsp3) is 1.00. The van der Waals surface area contributed by atoms with Crippen molar-refractivity contribution in [1.29, 1.82) is 0 Å². The molecule has 0 saturated heterocycles. The van der Waals surface area contributed by atoms with Crippen molar-refractivity contribution >= 4 is 0 Å². The first-order chi connectivity index (χ1) is 23.8. The van der Waals surface area contributed by atoms with Crippen LogP contribution in [0.5, 0.6) is 0 Å². The second kappa shape index (κ2) is 45.0. The van der Waals surface area contributed by atoms with Gasteiger partial charge in [-0.1, -0.05) is 277 Å². The van der Waals surface area contributed by atoms with Crippen LogP contribution in [0.2, 0.25) is 0 Å². The van der Waals surface area contributed by atoms with E-state index in [2.05, 4.69) is 13.8 Å². The molecule has 0 aliphatic rings. The molecular weight excluding hydrogens is 579 g/mol. The Morgan fingerprint density at radius 1 is 0.229 bits per heavy atom. The summed E-state index contributed by atoms with van der Waals surface area (Å²) in [5.41, 5.74) is 6.15. The van der Waals surface area contributed by atoms with Gasteiger partial charge in [0.2, 0.25) is 0 Å². The van der Waals surface area contributed by atoms with Crippen LogP contribution in [0.1, 0.15) is 290 Å². The van der Waals surface area contributed by atoms with Gasteiger partial charge in [0.15, 0.2) is 0 Å². The van der Waals surface area contributed by atoms with Gasteiger partial charge >= 0.3 is 0 Å². The van der Waals surface area contributed by atoms with Gasteiger partial charge in [0, 0.05) is 0 Å². The van der Waals surface area contributed by atoms with Gasteiger partial charge in [-0.2, -0.15) is 0 Å². The first-order valence-corrected chi connectivity index (χ1v) is 23.5. The zero-order chi connectivity index (χ0) is 34.7. The smallest absolute Gasteiger partial charge is 0.00489 e. The Balaban J connectivity index is 3.23. The average molecular weight is 676 g/mol. The SMILES string of the molecule is CCCCCCCCCCCCCCCCCCCCCCCC(CN)CCCCCCCCCCCCCCCCCCCCCC. The third-order valence-electron chi connectivity index (χ3n) is 11.5. The lowest BCUT2D eigenvalue weighted by molar-refractivity contribution is 0.409. The summed E-state index contributed by atoms with van der Waals surface area (Å²) in [5.74, 6) is 0.792. The largest absolute Gasteiger partial charge is 0.330 e. The number of hydrogen-bond donors (Lipinski definition) is 1. The molecule has 0 radical (unpaired) electrons. The molecule has 0 spiro atoms. The van der Waals surface area contributed by atoms with E-state index < -0.39 is 0 Å². The van der Waals surface area contributed by atoms with Crippen LogP contribution in [0.4, 0.5) is 0 Å². The Labute approximate surface area is 307 Å². The minimum Gasteiger partial charge on any atom is -0.330 e. The molecule has 0 heterocycles. The van der Waals surface area contributed by atoms with Crippen LogP contribution in [0.25, 0.3) is 0 Å². The first-order valence-electron chi connectivity index (χ1n) is 23.5. The molecule has 290 valence electrons. The van der Waals surface area contributed by atoms with Crippen LogP contribution >= 0.6 is 0 Å². The summed E-state index contributed by atoms with van der Waals surface area (Å²) in [6.45, 7) is 5.53. The molecule has 0 aliphatic heterocycles. The quantitative estimate of drug-likeness (QED) is 0.0639. The fourth-order valence-electron chi connectivity index (χ4n) is 7.93. The van der Waals surface area contributed by atoms with Crippen molar-refractivity contribution in [3.63, 3.8) is 0 Å². The van der Waals surface area contributed by atoms with Crippen LogP contribution < -0.4 is 5.73 Å². The molecule has 1 atom stereocenters. The van der Waals surface area contributed by atoms with E-state index in [1.807, 2.05) is 0 Å². The van der Waals surface area contributed by atoms with Gasteiger partial charge in [0.1, 0.15) is 0 Å². The van der Waals surface area contributed by atoms with Crippen molar-refractivity contribution < 1.29 is 0 Å². The normalized spacial score (nSPS) is 12.3. The van der Waals surface area contributed by atoms with E-state index >= 15 is 0 Å². The Bertz CT molecular complexity index is 529. The topological polar surface area (TPSA) is 26.0 Å². The Hall–Kier alpha value is -0.0400. The predicted molar refractivity (Wildman–Crippen MR) is 222 cm³/mol. The zero-order valence-electron chi connectivity index (χ0n) is 34.3. The van der Waals surface area contributed by atoms with Gasteiger partial charge in [-0.15, -0.1) is 0 Å². The van der Waals surface area contributed by atoms with Crippen LogP contribution in [0, 0.1) is 5.92 Å². The molecule has 1 heteroatoms. The summed E-state index contributed by atoms with van der Waals surface area (Å²) in [7, 11) is 0. The molecule has 0 amide bonds. The summed E-state index contributed by atoms with van der Waals surface area (Å²) in [6, 6.07) is 0. The molecule has 0 aromatic heterocycles. The van der Waals surface area contributed by atoms with E-state index in [1.165, 1.54) is 276 Å². The van der Waals surface area contributed by atoms with Crippen LogP contribution in [0.3, 0.4) is 0 Å².